The van der Waals surface area contributed by atoms with Crippen LogP contribution in [0.5, 0.6) is 0 Å². The molecular formula is C6H10CaO5. The fourth-order valence-corrected chi connectivity index (χ4v) is 0.453. The third-order valence-electron chi connectivity index (χ3n) is 1.15. The third kappa shape index (κ3) is 5.51. The van der Waals surface area contributed by atoms with Crippen LogP contribution < -0.4 is 0 Å². The van der Waals surface area contributed by atoms with Crippen molar-refractivity contribution in [3.8, 4) is 0 Å². The van der Waals surface area contributed by atoms with E-state index in [9.17, 15) is 14.4 Å². The molecule has 2 N–H and O–H groups in total. The monoisotopic (exact) mass is 202 g/mol. The van der Waals surface area contributed by atoms with E-state index in [1.54, 1.807) is 0 Å². The SMILES string of the molecule is CC(CC(=O)C(=O)O)C(=O)O.[Ca+2].[H-].[H-]. The van der Waals surface area contributed by atoms with Gasteiger partial charge in [-0.25, -0.2) is 4.79 Å². The summed E-state index contributed by atoms with van der Waals surface area (Å²) in [4.78, 5) is 30.4. The molecule has 0 aliphatic carbocycles. The average Bonchev–Trinajstić information content (AvgIpc) is 1.87. The van der Waals surface area contributed by atoms with Crippen LogP contribution in [-0.2, 0) is 14.4 Å². The van der Waals surface area contributed by atoms with Crippen LogP contribution in [-0.4, -0.2) is 65.7 Å². The van der Waals surface area contributed by atoms with Crippen LogP contribution in [0.2, 0.25) is 0 Å². The van der Waals surface area contributed by atoms with Gasteiger partial charge in [0.1, 0.15) is 0 Å². The van der Waals surface area contributed by atoms with Crippen molar-refractivity contribution >= 4 is 55.5 Å². The summed E-state index contributed by atoms with van der Waals surface area (Å²) in [5.74, 6) is -4.75. The summed E-state index contributed by atoms with van der Waals surface area (Å²) >= 11 is 0. The fourth-order valence-electron chi connectivity index (χ4n) is 0.453. The van der Waals surface area contributed by atoms with E-state index in [-0.39, 0.29) is 40.6 Å². The first kappa shape index (κ1) is 14.4. The molecule has 0 radical (unpaired) electrons. The minimum absolute atomic E-state index is 0. The third-order valence-corrected chi connectivity index (χ3v) is 1.15. The first-order chi connectivity index (χ1) is 4.95. The number of aliphatic carboxylic acids is 2. The number of Topliss-reactive ketones (excluding diaryl/α,β-unsaturated/α-hetero) is 1. The van der Waals surface area contributed by atoms with Crippen molar-refractivity contribution < 1.29 is 27.4 Å². The van der Waals surface area contributed by atoms with Gasteiger partial charge in [0.15, 0.2) is 0 Å². The second-order valence-electron chi connectivity index (χ2n) is 2.17. The Morgan fingerprint density at radius 1 is 1.33 bits per heavy atom. The van der Waals surface area contributed by atoms with Gasteiger partial charge < -0.3 is 13.1 Å². The van der Waals surface area contributed by atoms with E-state index in [0.717, 1.165) is 0 Å². The number of ketones is 1. The summed E-state index contributed by atoms with van der Waals surface area (Å²) in [5.41, 5.74) is 0. The summed E-state index contributed by atoms with van der Waals surface area (Å²) in [7, 11) is 0. The normalized spacial score (nSPS) is 11.1. The van der Waals surface area contributed by atoms with Gasteiger partial charge in [0.05, 0.1) is 5.92 Å². The molecule has 0 aromatic carbocycles. The molecule has 0 rings (SSSR count). The van der Waals surface area contributed by atoms with Gasteiger partial charge in [-0.05, 0) is 0 Å². The molecular weight excluding hydrogens is 192 g/mol. The zero-order valence-corrected chi connectivity index (χ0v) is 8.82. The van der Waals surface area contributed by atoms with E-state index >= 15 is 0 Å². The van der Waals surface area contributed by atoms with Gasteiger partial charge in [-0.2, -0.15) is 0 Å². The molecule has 0 aromatic rings. The Labute approximate surface area is 102 Å². The summed E-state index contributed by atoms with van der Waals surface area (Å²) in [5, 5.41) is 16.3. The Kier molecular flexibility index (Phi) is 7.67. The van der Waals surface area contributed by atoms with E-state index in [1.807, 2.05) is 0 Å². The van der Waals surface area contributed by atoms with Gasteiger partial charge in [-0.3, -0.25) is 9.59 Å². The summed E-state index contributed by atoms with van der Waals surface area (Å²) in [6, 6.07) is 0. The maximum atomic E-state index is 10.4. The molecule has 12 heavy (non-hydrogen) atoms. The molecule has 0 saturated carbocycles. The number of carboxylic acid groups (broad SMARTS) is 2. The summed E-state index contributed by atoms with van der Waals surface area (Å²) in [6.07, 6.45) is -0.454. The van der Waals surface area contributed by atoms with E-state index in [0.29, 0.717) is 0 Å². The standard InChI is InChI=1S/C6H8O5.Ca.2H/c1-3(5(8)9)2-4(7)6(10)11;;;/h3H,2H2,1H3,(H,8,9)(H,10,11);;;/q;+2;2*-1. The van der Waals surface area contributed by atoms with Crippen LogP contribution in [0.4, 0.5) is 0 Å². The Morgan fingerprint density at radius 2 is 1.75 bits per heavy atom. The van der Waals surface area contributed by atoms with Crippen molar-refractivity contribution in [1.82, 2.24) is 0 Å². The van der Waals surface area contributed by atoms with E-state index in [1.165, 1.54) is 6.92 Å². The summed E-state index contributed by atoms with van der Waals surface area (Å²) in [6.45, 7) is 1.28. The van der Waals surface area contributed by atoms with Crippen LogP contribution in [0.15, 0.2) is 0 Å². The molecule has 6 heteroatoms. The van der Waals surface area contributed by atoms with E-state index < -0.39 is 30.1 Å². The molecule has 0 aromatic heterocycles. The number of rotatable bonds is 4. The molecule has 0 amide bonds. The van der Waals surface area contributed by atoms with Crippen molar-refractivity contribution in [2.45, 2.75) is 13.3 Å². The zero-order valence-electron chi connectivity index (χ0n) is 8.61. The maximum Gasteiger partial charge on any atom is 2.00 e. The molecule has 5 nitrogen and oxygen atoms in total. The van der Waals surface area contributed by atoms with E-state index in [4.69, 9.17) is 10.2 Å². The van der Waals surface area contributed by atoms with Gasteiger partial charge in [-0.15, -0.1) is 0 Å². The van der Waals surface area contributed by atoms with Gasteiger partial charge in [-0.1, -0.05) is 6.92 Å². The number of carboxylic acids is 2. The molecule has 0 aliphatic rings. The molecule has 0 saturated heterocycles. The molecule has 0 fully saturated rings. The van der Waals surface area contributed by atoms with Crippen LogP contribution >= 0.6 is 0 Å². The van der Waals surface area contributed by atoms with Crippen molar-refractivity contribution in [3.05, 3.63) is 0 Å². The minimum atomic E-state index is -1.59. The van der Waals surface area contributed by atoms with Crippen molar-refractivity contribution in [1.29, 1.82) is 0 Å². The maximum absolute atomic E-state index is 10.4. The Balaban J connectivity index is -0.000000167. The van der Waals surface area contributed by atoms with Gasteiger partial charge in [0.25, 0.3) is 0 Å². The second kappa shape index (κ2) is 6.39. The number of carbonyl (C=O) groups is 3. The molecule has 0 spiro atoms. The molecule has 0 aliphatic heterocycles. The van der Waals surface area contributed by atoms with Crippen molar-refractivity contribution in [2.75, 3.05) is 0 Å². The zero-order chi connectivity index (χ0) is 9.02. The first-order valence-corrected chi connectivity index (χ1v) is 2.94. The quantitative estimate of drug-likeness (QED) is 0.478. The predicted octanol–water partition coefficient (Wildman–Crippen LogP) is -0.405. The van der Waals surface area contributed by atoms with E-state index in [2.05, 4.69) is 0 Å². The van der Waals surface area contributed by atoms with Gasteiger partial charge in [0, 0.05) is 6.42 Å². The summed E-state index contributed by atoms with van der Waals surface area (Å²) < 4.78 is 0. The smallest absolute Gasteiger partial charge is 1.00 e. The molecule has 1 unspecified atom stereocenters. The molecule has 66 valence electrons. The molecule has 1 atom stereocenters. The van der Waals surface area contributed by atoms with Crippen LogP contribution in [0.25, 0.3) is 0 Å². The van der Waals surface area contributed by atoms with Gasteiger partial charge in [0.2, 0.25) is 5.78 Å². The van der Waals surface area contributed by atoms with Gasteiger partial charge >= 0.3 is 49.7 Å². The van der Waals surface area contributed by atoms with Crippen LogP contribution in [0, 0.1) is 5.92 Å². The van der Waals surface area contributed by atoms with Crippen molar-refractivity contribution in [2.24, 2.45) is 5.92 Å². The average molecular weight is 202 g/mol. The Morgan fingerprint density at radius 3 is 2.00 bits per heavy atom. The fraction of sp³-hybridized carbons (Fsp3) is 0.500. The number of hydrogen-bond acceptors (Lipinski definition) is 3. The first-order valence-electron chi connectivity index (χ1n) is 2.94. The van der Waals surface area contributed by atoms with Crippen molar-refractivity contribution in [3.63, 3.8) is 0 Å². The molecule has 0 heterocycles. The van der Waals surface area contributed by atoms with Crippen LogP contribution in [0.1, 0.15) is 16.2 Å². The number of carbonyl (C=O) groups excluding carboxylic acids is 1. The van der Waals surface area contributed by atoms with Crippen LogP contribution in [0.3, 0.4) is 0 Å². The Bertz CT molecular complexity index is 208. The predicted molar refractivity (Wildman–Crippen MR) is 42.0 cm³/mol. The topological polar surface area (TPSA) is 91.7 Å². The largest absolute Gasteiger partial charge is 2.00 e. The minimum Gasteiger partial charge on any atom is -1.00 e. The second-order valence-corrected chi connectivity index (χ2v) is 2.17. The molecule has 0 bridgehead atoms. The number of hydrogen-bond donors (Lipinski definition) is 2. The Hall–Kier alpha value is -0.130.